The second kappa shape index (κ2) is 17.8. The molecule has 7 nitrogen and oxygen atoms in total. The van der Waals surface area contributed by atoms with Gasteiger partial charge in [0.05, 0.1) is 17.8 Å². The normalized spacial score (nSPS) is 13.6. The molecule has 1 aromatic heterocycles. The summed E-state index contributed by atoms with van der Waals surface area (Å²) in [4.78, 5) is 20.7. The molecule has 4 aromatic carbocycles. The number of pyridine rings is 1. The molecular weight excluding hydrogens is 677 g/mol. The zero-order chi connectivity index (χ0) is 36.3. The number of piperazine rings is 1. The molecule has 0 radical (unpaired) electrons. The smallest absolute Gasteiger partial charge is 0.219 e. The maximum Gasteiger partial charge on any atom is 0.219 e. The molecule has 52 heavy (non-hydrogen) atoms. The van der Waals surface area contributed by atoms with Gasteiger partial charge in [-0.1, -0.05) is 74.0 Å². The number of rotatable bonds is 15. The molecule has 0 atom stereocenters. The van der Waals surface area contributed by atoms with Gasteiger partial charge in [-0.2, -0.15) is 0 Å². The topological polar surface area (TPSA) is 64.1 Å². The molecule has 268 valence electrons. The number of ether oxygens (including phenoxy) is 3. The quantitative estimate of drug-likeness (QED) is 0.0790. The Hall–Kier alpha value is -5.18. The maximum absolute atomic E-state index is 13.1. The SMILES string of the molecule is CC(C)c1ccc(OCCc2ccc(CN3CCN(/C(=C/C=O)c4ccc(Oc5ccc(OCc6ccc(F)cc6)cn5)c(Cl)c4)CC3)cc2)cc1. The molecule has 5 aromatic rings. The lowest BCUT2D eigenvalue weighted by atomic mass is 10.0. The first kappa shape index (κ1) is 36.6. The van der Waals surface area contributed by atoms with Gasteiger partial charge in [-0.3, -0.25) is 9.69 Å². The lowest BCUT2D eigenvalue weighted by Crippen LogP contribution is -2.44. The Labute approximate surface area is 310 Å². The molecule has 0 N–H and O–H groups in total. The Morgan fingerprint density at radius 1 is 0.827 bits per heavy atom. The summed E-state index contributed by atoms with van der Waals surface area (Å²) in [6.45, 7) is 9.48. The van der Waals surface area contributed by atoms with Crippen molar-refractivity contribution in [2.75, 3.05) is 32.8 Å². The molecule has 9 heteroatoms. The van der Waals surface area contributed by atoms with Crippen molar-refractivity contribution in [2.24, 2.45) is 0 Å². The first-order valence-corrected chi connectivity index (χ1v) is 17.9. The van der Waals surface area contributed by atoms with Crippen molar-refractivity contribution in [1.29, 1.82) is 0 Å². The summed E-state index contributed by atoms with van der Waals surface area (Å²) in [6, 6.07) is 32.2. The first-order chi connectivity index (χ1) is 25.3. The molecule has 2 heterocycles. The summed E-state index contributed by atoms with van der Waals surface area (Å²) in [5.41, 5.74) is 6.35. The van der Waals surface area contributed by atoms with Gasteiger partial charge in [0.1, 0.15) is 36.0 Å². The summed E-state index contributed by atoms with van der Waals surface area (Å²) in [5, 5.41) is 0.404. The number of hydrogen-bond acceptors (Lipinski definition) is 7. The van der Waals surface area contributed by atoms with Crippen LogP contribution in [0.3, 0.4) is 0 Å². The first-order valence-electron chi connectivity index (χ1n) is 17.6. The molecule has 1 aliphatic rings. The third kappa shape index (κ3) is 10.2. The fourth-order valence-electron chi connectivity index (χ4n) is 6.02. The van der Waals surface area contributed by atoms with Crippen LogP contribution in [0.15, 0.2) is 115 Å². The zero-order valence-electron chi connectivity index (χ0n) is 29.5. The zero-order valence-corrected chi connectivity index (χ0v) is 30.3. The Balaban J connectivity index is 0.965. The van der Waals surface area contributed by atoms with Gasteiger partial charge >= 0.3 is 0 Å². The minimum Gasteiger partial charge on any atom is -0.493 e. The van der Waals surface area contributed by atoms with Crippen LogP contribution >= 0.6 is 11.6 Å². The number of hydrogen-bond donors (Lipinski definition) is 0. The molecule has 0 amide bonds. The third-order valence-corrected chi connectivity index (χ3v) is 9.34. The van der Waals surface area contributed by atoms with E-state index in [0.29, 0.717) is 41.5 Å². The second-order valence-corrected chi connectivity index (χ2v) is 13.5. The Bertz CT molecular complexity index is 1920. The molecule has 0 saturated carbocycles. The summed E-state index contributed by atoms with van der Waals surface area (Å²) in [6.07, 6.45) is 4.83. The van der Waals surface area contributed by atoms with Crippen molar-refractivity contribution < 1.29 is 23.4 Å². The van der Waals surface area contributed by atoms with Crippen molar-refractivity contribution in [3.8, 4) is 23.1 Å². The van der Waals surface area contributed by atoms with Crippen LogP contribution in [0.25, 0.3) is 5.70 Å². The third-order valence-electron chi connectivity index (χ3n) is 9.04. The van der Waals surface area contributed by atoms with Crippen LogP contribution in [0.1, 0.15) is 47.6 Å². The van der Waals surface area contributed by atoms with Crippen LogP contribution < -0.4 is 14.2 Å². The Morgan fingerprint density at radius 2 is 1.52 bits per heavy atom. The van der Waals surface area contributed by atoms with Crippen LogP contribution in [-0.4, -0.2) is 53.9 Å². The molecule has 0 spiro atoms. The van der Waals surface area contributed by atoms with E-state index >= 15 is 0 Å². The molecule has 1 saturated heterocycles. The van der Waals surface area contributed by atoms with Crippen molar-refractivity contribution >= 4 is 23.6 Å². The highest BCUT2D eigenvalue weighted by Gasteiger charge is 2.21. The van der Waals surface area contributed by atoms with Crippen molar-refractivity contribution in [3.63, 3.8) is 0 Å². The number of aldehydes is 1. The molecule has 0 bridgehead atoms. The second-order valence-electron chi connectivity index (χ2n) is 13.1. The average Bonchev–Trinajstić information content (AvgIpc) is 3.16. The summed E-state index contributed by atoms with van der Waals surface area (Å²) < 4.78 is 30.8. The highest BCUT2D eigenvalue weighted by Crippen LogP contribution is 2.33. The number of allylic oxidation sites excluding steroid dienone is 1. The lowest BCUT2D eigenvalue weighted by molar-refractivity contribution is -0.104. The number of halogens is 2. The van der Waals surface area contributed by atoms with E-state index in [-0.39, 0.29) is 5.82 Å². The lowest BCUT2D eigenvalue weighted by Gasteiger charge is -2.37. The fourth-order valence-corrected chi connectivity index (χ4v) is 6.24. The van der Waals surface area contributed by atoms with Crippen molar-refractivity contribution in [2.45, 2.75) is 39.3 Å². The average molecular weight is 720 g/mol. The van der Waals surface area contributed by atoms with E-state index in [1.807, 2.05) is 24.3 Å². The highest BCUT2D eigenvalue weighted by atomic mass is 35.5. The van der Waals surface area contributed by atoms with Gasteiger partial charge in [0.2, 0.25) is 5.88 Å². The van der Waals surface area contributed by atoms with Gasteiger partial charge in [-0.05, 0) is 82.3 Å². The van der Waals surface area contributed by atoms with E-state index in [9.17, 15) is 9.18 Å². The van der Waals surface area contributed by atoms with E-state index in [0.717, 1.165) is 68.0 Å². The largest absolute Gasteiger partial charge is 0.493 e. The van der Waals surface area contributed by atoms with E-state index < -0.39 is 0 Å². The van der Waals surface area contributed by atoms with E-state index in [4.69, 9.17) is 25.8 Å². The van der Waals surface area contributed by atoms with Gasteiger partial charge in [0.15, 0.2) is 0 Å². The number of nitrogens with zero attached hydrogens (tertiary/aromatic N) is 3. The number of aromatic nitrogens is 1. The van der Waals surface area contributed by atoms with Gasteiger partial charge in [0.25, 0.3) is 0 Å². The van der Waals surface area contributed by atoms with Crippen LogP contribution in [0.2, 0.25) is 5.02 Å². The van der Waals surface area contributed by atoms with E-state index in [1.165, 1.54) is 28.8 Å². The molecule has 0 aliphatic carbocycles. The van der Waals surface area contributed by atoms with Gasteiger partial charge < -0.3 is 19.1 Å². The summed E-state index contributed by atoms with van der Waals surface area (Å²) >= 11 is 6.66. The fraction of sp³-hybridized carbons (Fsp3) is 0.256. The minimum atomic E-state index is -0.288. The molecular formula is C43H43ClFN3O4. The summed E-state index contributed by atoms with van der Waals surface area (Å²) in [7, 11) is 0. The van der Waals surface area contributed by atoms with Crippen LogP contribution in [0.5, 0.6) is 23.1 Å². The van der Waals surface area contributed by atoms with Crippen LogP contribution in [0.4, 0.5) is 4.39 Å². The van der Waals surface area contributed by atoms with E-state index in [1.54, 1.807) is 42.6 Å². The summed E-state index contributed by atoms with van der Waals surface area (Å²) in [5.74, 6) is 2.49. The van der Waals surface area contributed by atoms with E-state index in [2.05, 4.69) is 65.0 Å². The molecule has 6 rings (SSSR count). The van der Waals surface area contributed by atoms with Gasteiger partial charge in [-0.15, -0.1) is 0 Å². The Morgan fingerprint density at radius 3 is 2.17 bits per heavy atom. The number of carbonyl (C=O) groups excluding carboxylic acids is 1. The standard InChI is InChI=1S/C43H43ClFN3O4/c1-31(2)35-9-14-38(15-10-35)50-26-20-32-3-5-33(6-4-32)29-47-21-23-48(24-22-47)41(19-25-49)36-11-17-42(40(44)27-36)52-43-18-16-39(28-46-43)51-30-34-7-12-37(45)13-8-34/h3-19,25,27-28,31H,20-24,26,29-30H2,1-2H3/b41-19+. The molecule has 0 unspecified atom stereocenters. The number of carbonyl (C=O) groups is 1. The van der Waals surface area contributed by atoms with Gasteiger partial charge in [0, 0.05) is 57.0 Å². The van der Waals surface area contributed by atoms with Crippen LogP contribution in [0, 0.1) is 5.82 Å². The minimum absolute atomic E-state index is 0.288. The van der Waals surface area contributed by atoms with Gasteiger partial charge in [-0.25, -0.2) is 9.37 Å². The highest BCUT2D eigenvalue weighted by molar-refractivity contribution is 6.32. The predicted molar refractivity (Wildman–Crippen MR) is 204 cm³/mol. The van der Waals surface area contributed by atoms with Crippen LogP contribution in [-0.2, 0) is 24.4 Å². The van der Waals surface area contributed by atoms with Crippen molar-refractivity contribution in [3.05, 3.63) is 154 Å². The maximum atomic E-state index is 13.1. The Kier molecular flexibility index (Phi) is 12.6. The monoisotopic (exact) mass is 719 g/mol. The predicted octanol–water partition coefficient (Wildman–Crippen LogP) is 9.35. The van der Waals surface area contributed by atoms with Crippen molar-refractivity contribution in [1.82, 2.24) is 14.8 Å². The molecule has 1 fully saturated rings. The molecule has 1 aliphatic heterocycles. The number of benzene rings is 4.